The van der Waals surface area contributed by atoms with Gasteiger partial charge >= 0.3 is 5.97 Å². The number of esters is 1. The molecule has 5 aromatic carbocycles. The largest absolute Gasteiger partial charge is 0.508 e. The first-order valence-corrected chi connectivity index (χ1v) is 42.9. The van der Waals surface area contributed by atoms with Gasteiger partial charge in [0.1, 0.15) is 67.1 Å². The maximum absolute atomic E-state index is 15.4. The summed E-state index contributed by atoms with van der Waals surface area (Å²) in [5, 5.41) is 10.1. The lowest BCUT2D eigenvalue weighted by molar-refractivity contribution is -0.131. The average Bonchev–Trinajstić information content (AvgIpc) is 1.34. The molecule has 5 aromatic rings. The van der Waals surface area contributed by atoms with E-state index in [4.69, 9.17) is 18.9 Å². The molecular weight excluding hydrogens is 1350 g/mol. The molecule has 0 aromatic heterocycles. The Labute approximate surface area is 642 Å². The Morgan fingerprint density at radius 2 is 0.880 bits per heavy atom. The van der Waals surface area contributed by atoms with Crippen LogP contribution in [0.4, 0.5) is 13.2 Å². The molecule has 8 unspecified atom stereocenters. The number of aryl methyl sites for hydroxylation is 2. The Bertz CT molecular complexity index is 4010. The minimum Gasteiger partial charge on any atom is -0.508 e. The number of piperidine rings is 3. The number of rotatable bonds is 16. The number of nitrogens with zero attached hydrogens (tertiary/aromatic N) is 3. The van der Waals surface area contributed by atoms with Crippen molar-refractivity contribution in [3.63, 3.8) is 0 Å². The summed E-state index contributed by atoms with van der Waals surface area (Å²) in [6, 6.07) is 38.2. The number of phenolic OH excluding ortho intramolecular Hbond substituents is 1. The van der Waals surface area contributed by atoms with E-state index in [-0.39, 0.29) is 39.8 Å². The molecule has 13 heteroatoms. The highest BCUT2D eigenvalue weighted by Gasteiger charge is 2.61. The molecule has 0 amide bonds. The van der Waals surface area contributed by atoms with Crippen molar-refractivity contribution < 1.29 is 46.8 Å². The molecule has 1 N–H and O–H groups in total. The van der Waals surface area contributed by atoms with Crippen LogP contribution < -0.4 is 18.9 Å². The van der Waals surface area contributed by atoms with Gasteiger partial charge < -0.3 is 24.1 Å². The number of hydrogen-bond donors (Lipinski definition) is 1. The van der Waals surface area contributed by atoms with Crippen LogP contribution in [-0.4, -0.2) is 129 Å². The third-order valence-corrected chi connectivity index (χ3v) is 30.3. The number of alkyl halides is 3. The molecule has 580 valence electrons. The minimum atomic E-state index is -0.721. The Balaban J connectivity index is 0.000000124. The summed E-state index contributed by atoms with van der Waals surface area (Å²) < 4.78 is 69.9. The molecule has 6 saturated carbocycles. The fourth-order valence-electron chi connectivity index (χ4n) is 24.9. The standard InChI is InChI=1S/C33H42FNO3.2C31H40FNO2/c1-22(36)38-26-11-13-27-24(20-26)8-12-28-30-14-15-31(34)33(30,2)21-29(32(27)28)23-6-9-25(10-7-23)37-19-18-35-16-4-3-5-17-35;2*1-31-20-27(21-5-9-24(10-6-21)35-18-17-33-15-3-2-4-16-33)30-25-12-8-23(34)19-22(25)7-11-26(30)28(31)13-14-29(31)32/h6-7,9-11,13,20,28-32H,3-5,8,12,14-19,21H2,1-2H3;5-6,9-10,19,26-29H,2-4,7-8,11-18,20H2,1H3;5-6,8-10,12,19,26-30,34H,2-4,7,11,13-18,20H2,1H3/t28?,29-,30?,31-,32?,33+;26?,27-,28?,29-,31+;26?,27-,28?,29-,30?,31+/m111/s1. The Morgan fingerprint density at radius 1 is 0.454 bits per heavy atom. The number of fused-ring (bicyclic) bond motifs is 14. The number of aromatic hydroxyl groups is 1. The second kappa shape index (κ2) is 32.7. The van der Waals surface area contributed by atoms with Gasteiger partial charge in [-0.2, -0.15) is 0 Å². The molecule has 10 aliphatic carbocycles. The third kappa shape index (κ3) is 15.5. The van der Waals surface area contributed by atoms with Gasteiger partial charge in [0.15, 0.2) is 5.78 Å². The number of likely N-dealkylation sites (tertiary alicyclic amines) is 3. The molecular formula is C95H122F3N3O7. The van der Waals surface area contributed by atoms with E-state index in [0.29, 0.717) is 90.4 Å². The Kier molecular flexibility index (Phi) is 22.9. The van der Waals surface area contributed by atoms with Crippen LogP contribution in [0.25, 0.3) is 0 Å². The van der Waals surface area contributed by atoms with Gasteiger partial charge in [0.2, 0.25) is 0 Å². The number of carbonyl (C=O) groups is 2. The van der Waals surface area contributed by atoms with Crippen molar-refractivity contribution in [2.24, 2.45) is 51.8 Å². The van der Waals surface area contributed by atoms with Gasteiger partial charge in [-0.1, -0.05) is 94.1 Å². The molecule has 108 heavy (non-hydrogen) atoms. The fourth-order valence-corrected chi connectivity index (χ4v) is 24.9. The van der Waals surface area contributed by atoms with E-state index in [1.807, 2.05) is 24.3 Å². The summed E-state index contributed by atoms with van der Waals surface area (Å²) in [4.78, 5) is 31.2. The summed E-state index contributed by atoms with van der Waals surface area (Å²) in [7, 11) is 0. The van der Waals surface area contributed by atoms with Crippen LogP contribution in [0.3, 0.4) is 0 Å². The van der Waals surface area contributed by atoms with Crippen molar-refractivity contribution in [2.45, 2.75) is 243 Å². The quantitative estimate of drug-likeness (QED) is 0.0759. The van der Waals surface area contributed by atoms with Gasteiger partial charge in [-0.3, -0.25) is 24.3 Å². The molecule has 3 saturated heterocycles. The molecule has 10 nitrogen and oxygen atoms in total. The average molecular weight is 1480 g/mol. The van der Waals surface area contributed by atoms with Crippen molar-refractivity contribution in [1.29, 1.82) is 0 Å². The van der Waals surface area contributed by atoms with Crippen LogP contribution in [0.5, 0.6) is 28.7 Å². The first kappa shape index (κ1) is 75.6. The zero-order chi connectivity index (χ0) is 74.3. The van der Waals surface area contributed by atoms with Gasteiger partial charge in [0.05, 0.1) is 0 Å². The predicted molar refractivity (Wildman–Crippen MR) is 423 cm³/mol. The molecule has 9 fully saturated rings. The lowest BCUT2D eigenvalue weighted by Gasteiger charge is -2.53. The lowest BCUT2D eigenvalue weighted by Crippen LogP contribution is -2.46. The van der Waals surface area contributed by atoms with Crippen molar-refractivity contribution in [3.8, 4) is 28.7 Å². The smallest absolute Gasteiger partial charge is 0.308 e. The van der Waals surface area contributed by atoms with Gasteiger partial charge in [0, 0.05) is 55.1 Å². The van der Waals surface area contributed by atoms with E-state index < -0.39 is 18.5 Å². The number of hydrogen-bond acceptors (Lipinski definition) is 10. The maximum Gasteiger partial charge on any atom is 0.308 e. The maximum atomic E-state index is 15.4. The van der Waals surface area contributed by atoms with Crippen LogP contribution in [0.1, 0.15) is 250 Å². The number of allylic oxidation sites excluding steroid dienone is 4. The molecule has 13 aliphatic rings. The molecule has 3 heterocycles. The minimum absolute atomic E-state index is 0.232. The monoisotopic (exact) mass is 1470 g/mol. The van der Waals surface area contributed by atoms with Gasteiger partial charge in [-0.05, 0) is 357 Å². The first-order valence-electron chi connectivity index (χ1n) is 42.9. The third-order valence-electron chi connectivity index (χ3n) is 30.3. The fraction of sp³-hybridized carbons (Fsp3) is 0.621. The summed E-state index contributed by atoms with van der Waals surface area (Å²) in [6.45, 7) is 20.4. The molecule has 18 rings (SSSR count). The number of halogens is 3. The molecule has 3 aliphatic heterocycles. The van der Waals surface area contributed by atoms with Crippen molar-refractivity contribution in [2.75, 3.05) is 78.7 Å². The topological polar surface area (TPSA) is 101 Å². The molecule has 17 atom stereocenters. The van der Waals surface area contributed by atoms with E-state index in [9.17, 15) is 14.7 Å². The van der Waals surface area contributed by atoms with E-state index in [0.717, 1.165) is 140 Å². The van der Waals surface area contributed by atoms with Crippen LogP contribution in [0.15, 0.2) is 132 Å². The van der Waals surface area contributed by atoms with Crippen LogP contribution in [0.2, 0.25) is 0 Å². The molecule has 0 spiro atoms. The molecule has 0 bridgehead atoms. The summed E-state index contributed by atoms with van der Waals surface area (Å²) >= 11 is 0. The second-order valence-electron chi connectivity index (χ2n) is 36.3. The van der Waals surface area contributed by atoms with Crippen molar-refractivity contribution in [3.05, 3.63) is 171 Å². The van der Waals surface area contributed by atoms with Crippen LogP contribution in [0, 0.1) is 51.8 Å². The molecule has 0 radical (unpaired) electrons. The summed E-state index contributed by atoms with van der Waals surface area (Å²) in [5.74, 6) is 8.07. The van der Waals surface area contributed by atoms with Crippen molar-refractivity contribution in [1.82, 2.24) is 14.7 Å². The summed E-state index contributed by atoms with van der Waals surface area (Å²) in [6.07, 6.45) is 27.1. The highest BCUT2D eigenvalue weighted by Crippen LogP contribution is 2.69. The highest BCUT2D eigenvalue weighted by atomic mass is 19.1. The van der Waals surface area contributed by atoms with Gasteiger partial charge in [-0.25, -0.2) is 13.2 Å². The number of ketones is 1. The SMILES string of the molecule is CC(=O)Oc1ccc2c(c1)CCC1C2[C@@H](c2ccc(OCCN3CCCCC3)cc2)C[C@@]2(C)C1CC[C@H]2F.C[C@]12C[C@H](c3ccc(OCCN4CCCCC4)cc3)C3=C4CCC(=O)C=C4CCC3C1CC[C@H]2F.C[C@]12C[C@H](c3ccc(OCCN4CCCCC4)cc3)C3c4ccc(O)cc4CCC3C1CC[C@H]2F. The number of ether oxygens (including phenoxy) is 4. The first-order chi connectivity index (χ1) is 52.5. The lowest BCUT2D eigenvalue weighted by atomic mass is 9.51. The zero-order valence-electron chi connectivity index (χ0n) is 65.3. The van der Waals surface area contributed by atoms with E-state index in [1.165, 1.54) is 154 Å². The van der Waals surface area contributed by atoms with Crippen LogP contribution >= 0.6 is 0 Å². The van der Waals surface area contributed by atoms with Gasteiger partial charge in [-0.15, -0.1) is 0 Å². The number of phenols is 1. The second-order valence-corrected chi connectivity index (χ2v) is 36.3. The highest BCUT2D eigenvalue weighted by molar-refractivity contribution is 5.93. The van der Waals surface area contributed by atoms with E-state index >= 15 is 13.2 Å². The number of carbonyl (C=O) groups excluding carboxylic acids is 2. The Morgan fingerprint density at radius 3 is 1.35 bits per heavy atom. The zero-order valence-corrected chi connectivity index (χ0v) is 65.3. The van der Waals surface area contributed by atoms with Crippen molar-refractivity contribution >= 4 is 11.8 Å². The normalized spacial score (nSPS) is 34.1. The Hall–Kier alpha value is -6.41. The van der Waals surface area contributed by atoms with E-state index in [2.05, 4.69) is 126 Å². The summed E-state index contributed by atoms with van der Waals surface area (Å²) in [5.41, 5.74) is 12.7. The van der Waals surface area contributed by atoms with Crippen LogP contribution in [-0.2, 0) is 22.4 Å². The number of benzene rings is 5. The van der Waals surface area contributed by atoms with Gasteiger partial charge in [0.25, 0.3) is 0 Å². The van der Waals surface area contributed by atoms with E-state index in [1.54, 1.807) is 5.57 Å². The predicted octanol–water partition coefficient (Wildman–Crippen LogP) is 20.7.